The average molecular weight is 329 g/mol. The molecule has 21 heavy (non-hydrogen) atoms. The van der Waals surface area contributed by atoms with E-state index in [-0.39, 0.29) is 18.0 Å². The predicted molar refractivity (Wildman–Crippen MR) is 83.2 cm³/mol. The van der Waals surface area contributed by atoms with E-state index in [1.165, 1.54) is 0 Å². The molecule has 5 nitrogen and oxygen atoms in total. The van der Waals surface area contributed by atoms with Crippen LogP contribution >= 0.6 is 11.6 Å². The van der Waals surface area contributed by atoms with Gasteiger partial charge in [0.1, 0.15) is 0 Å². The molecule has 0 aliphatic carbocycles. The number of hydrogen-bond donors (Lipinski definition) is 1. The van der Waals surface area contributed by atoms with Crippen molar-refractivity contribution in [3.63, 3.8) is 0 Å². The monoisotopic (exact) mass is 328 g/mol. The summed E-state index contributed by atoms with van der Waals surface area (Å²) in [5.41, 5.74) is 1.63. The number of sulfonamides is 1. The molecule has 0 amide bonds. The number of hydrogen-bond acceptors (Lipinski definition) is 4. The molecule has 1 N–H and O–H groups in total. The highest BCUT2D eigenvalue weighted by atomic mass is 35.5. The van der Waals surface area contributed by atoms with Crippen LogP contribution in [-0.4, -0.2) is 39.0 Å². The van der Waals surface area contributed by atoms with Crippen LogP contribution in [0.1, 0.15) is 5.56 Å². The Morgan fingerprint density at radius 2 is 2.10 bits per heavy atom. The van der Waals surface area contributed by atoms with Gasteiger partial charge in [0.25, 0.3) is 0 Å². The van der Waals surface area contributed by atoms with Gasteiger partial charge in [-0.15, -0.1) is 11.6 Å². The molecule has 0 aliphatic heterocycles. The highest BCUT2D eigenvalue weighted by molar-refractivity contribution is 7.89. The lowest BCUT2D eigenvalue weighted by Gasteiger charge is -2.10. The molecule has 0 atom stereocenters. The Kier molecular flexibility index (Phi) is 5.52. The molecule has 7 heteroatoms. The highest BCUT2D eigenvalue weighted by Crippen LogP contribution is 2.23. The van der Waals surface area contributed by atoms with Crippen molar-refractivity contribution in [1.82, 2.24) is 9.71 Å². The first kappa shape index (κ1) is 16.2. The number of aromatic nitrogens is 1. The molecule has 1 aromatic carbocycles. The van der Waals surface area contributed by atoms with E-state index >= 15 is 0 Å². The number of aryl methyl sites for hydroxylation is 1. The molecule has 2 rings (SSSR count). The Labute approximate surface area is 129 Å². The van der Waals surface area contributed by atoms with Gasteiger partial charge in [0, 0.05) is 24.0 Å². The zero-order chi connectivity index (χ0) is 15.3. The maximum absolute atomic E-state index is 12.4. The van der Waals surface area contributed by atoms with Crippen LogP contribution in [0.2, 0.25) is 0 Å². The van der Waals surface area contributed by atoms with Gasteiger partial charge in [-0.2, -0.15) is 0 Å². The lowest BCUT2D eigenvalue weighted by molar-refractivity contribution is 0.155. The van der Waals surface area contributed by atoms with Gasteiger partial charge in [0.05, 0.1) is 23.6 Å². The molecule has 114 valence electrons. The number of fused-ring (bicyclic) bond motifs is 1. The largest absolute Gasteiger partial charge is 0.379 e. The molecular formula is C14H17ClN2O3S. The molecule has 2 aromatic rings. The SMILES string of the molecule is Cc1ccc(S(=O)(=O)NCCOCCCl)c2cccnc12. The van der Waals surface area contributed by atoms with Crippen LogP contribution < -0.4 is 4.72 Å². The summed E-state index contributed by atoms with van der Waals surface area (Å²) in [7, 11) is -3.59. The summed E-state index contributed by atoms with van der Waals surface area (Å²) < 4.78 is 32.4. The topological polar surface area (TPSA) is 68.3 Å². The van der Waals surface area contributed by atoms with Gasteiger partial charge in [-0.25, -0.2) is 13.1 Å². The van der Waals surface area contributed by atoms with Crippen molar-refractivity contribution >= 4 is 32.5 Å². The number of nitrogens with zero attached hydrogens (tertiary/aromatic N) is 1. The normalized spacial score (nSPS) is 11.9. The van der Waals surface area contributed by atoms with Gasteiger partial charge >= 0.3 is 0 Å². The van der Waals surface area contributed by atoms with E-state index in [1.54, 1.807) is 30.5 Å². The lowest BCUT2D eigenvalue weighted by Crippen LogP contribution is -2.28. The number of halogens is 1. The van der Waals surface area contributed by atoms with Crippen molar-refractivity contribution in [2.45, 2.75) is 11.8 Å². The van der Waals surface area contributed by atoms with E-state index in [2.05, 4.69) is 9.71 Å². The summed E-state index contributed by atoms with van der Waals surface area (Å²) in [5, 5.41) is 0.617. The first-order valence-corrected chi connectivity index (χ1v) is 8.56. The summed E-state index contributed by atoms with van der Waals surface area (Å²) in [6.07, 6.45) is 1.65. The van der Waals surface area contributed by atoms with Gasteiger partial charge < -0.3 is 4.74 Å². The van der Waals surface area contributed by atoms with Crippen molar-refractivity contribution in [1.29, 1.82) is 0 Å². The van der Waals surface area contributed by atoms with Gasteiger partial charge in [0.2, 0.25) is 10.0 Å². The molecule has 0 fully saturated rings. The average Bonchev–Trinajstić information content (AvgIpc) is 2.47. The Bertz CT molecular complexity index is 719. The second-order valence-corrected chi connectivity index (χ2v) is 6.59. The molecule has 0 aliphatic rings. The third kappa shape index (κ3) is 3.91. The fraction of sp³-hybridized carbons (Fsp3) is 0.357. The summed E-state index contributed by atoms with van der Waals surface area (Å²) >= 11 is 5.48. The lowest BCUT2D eigenvalue weighted by atomic mass is 10.1. The van der Waals surface area contributed by atoms with E-state index in [0.717, 1.165) is 5.56 Å². The van der Waals surface area contributed by atoms with Crippen molar-refractivity contribution in [2.75, 3.05) is 25.6 Å². The van der Waals surface area contributed by atoms with Crippen molar-refractivity contribution < 1.29 is 13.2 Å². The smallest absolute Gasteiger partial charge is 0.241 e. The minimum atomic E-state index is -3.59. The number of nitrogens with one attached hydrogen (secondary N) is 1. The van der Waals surface area contributed by atoms with E-state index in [1.807, 2.05) is 6.92 Å². The quantitative estimate of drug-likeness (QED) is 0.624. The molecule has 0 radical (unpaired) electrons. The second-order valence-electron chi connectivity index (χ2n) is 4.48. The summed E-state index contributed by atoms with van der Waals surface area (Å²) in [5.74, 6) is 0.390. The molecule has 1 heterocycles. The summed E-state index contributed by atoms with van der Waals surface area (Å²) in [6.45, 7) is 2.79. The molecule has 0 saturated carbocycles. The van der Waals surface area contributed by atoms with Gasteiger partial charge in [-0.05, 0) is 30.7 Å². The standard InChI is InChI=1S/C14H17ClN2O3S/c1-11-4-5-13(12-3-2-7-16-14(11)12)21(18,19)17-8-10-20-9-6-15/h2-5,7,17H,6,8-10H2,1H3. The fourth-order valence-corrected chi connectivity index (χ4v) is 3.32. The number of ether oxygens (including phenoxy) is 1. The number of pyridine rings is 1. The van der Waals surface area contributed by atoms with Gasteiger partial charge in [-0.3, -0.25) is 4.98 Å². The first-order valence-electron chi connectivity index (χ1n) is 6.54. The first-order chi connectivity index (χ1) is 10.1. The molecular weight excluding hydrogens is 312 g/mol. The molecule has 0 unspecified atom stereocenters. The molecule has 1 aromatic heterocycles. The van der Waals surface area contributed by atoms with Crippen LogP contribution in [0.15, 0.2) is 35.4 Å². The maximum atomic E-state index is 12.4. The molecule has 0 spiro atoms. The minimum absolute atomic E-state index is 0.203. The molecule has 0 bridgehead atoms. The van der Waals surface area contributed by atoms with Crippen LogP contribution in [0.5, 0.6) is 0 Å². The Balaban J connectivity index is 2.23. The highest BCUT2D eigenvalue weighted by Gasteiger charge is 2.17. The van der Waals surface area contributed by atoms with Gasteiger partial charge in [0.15, 0.2) is 0 Å². The third-order valence-corrected chi connectivity index (χ3v) is 4.65. The number of benzene rings is 1. The number of rotatable bonds is 7. The molecule has 0 saturated heterocycles. The zero-order valence-corrected chi connectivity index (χ0v) is 13.2. The third-order valence-electron chi connectivity index (χ3n) is 2.98. The second kappa shape index (κ2) is 7.17. The predicted octanol–water partition coefficient (Wildman–Crippen LogP) is 2.08. The summed E-state index contributed by atoms with van der Waals surface area (Å²) in [4.78, 5) is 4.47. The zero-order valence-electron chi connectivity index (χ0n) is 11.7. The fourth-order valence-electron chi connectivity index (χ4n) is 2.00. The van der Waals surface area contributed by atoms with Crippen LogP contribution in [-0.2, 0) is 14.8 Å². The van der Waals surface area contributed by atoms with Crippen molar-refractivity contribution in [2.24, 2.45) is 0 Å². The Hall–Kier alpha value is -1.21. The van der Waals surface area contributed by atoms with E-state index < -0.39 is 10.0 Å². The number of alkyl halides is 1. The van der Waals surface area contributed by atoms with Crippen LogP contribution in [0.3, 0.4) is 0 Å². The Morgan fingerprint density at radius 3 is 2.86 bits per heavy atom. The van der Waals surface area contributed by atoms with Crippen molar-refractivity contribution in [3.05, 3.63) is 36.0 Å². The van der Waals surface area contributed by atoms with Crippen molar-refractivity contribution in [3.8, 4) is 0 Å². The van der Waals surface area contributed by atoms with E-state index in [4.69, 9.17) is 16.3 Å². The maximum Gasteiger partial charge on any atom is 0.241 e. The van der Waals surface area contributed by atoms with Crippen LogP contribution in [0.25, 0.3) is 10.9 Å². The van der Waals surface area contributed by atoms with Crippen LogP contribution in [0, 0.1) is 6.92 Å². The minimum Gasteiger partial charge on any atom is -0.379 e. The summed E-state index contributed by atoms with van der Waals surface area (Å²) in [6, 6.07) is 6.84. The van der Waals surface area contributed by atoms with Crippen LogP contribution in [0.4, 0.5) is 0 Å². The van der Waals surface area contributed by atoms with E-state index in [9.17, 15) is 8.42 Å². The van der Waals surface area contributed by atoms with Gasteiger partial charge in [-0.1, -0.05) is 6.07 Å². The Morgan fingerprint density at radius 1 is 1.29 bits per heavy atom. The van der Waals surface area contributed by atoms with E-state index in [0.29, 0.717) is 23.4 Å².